The lowest BCUT2D eigenvalue weighted by molar-refractivity contribution is -0.140. The molecule has 1 aliphatic heterocycles. The summed E-state index contributed by atoms with van der Waals surface area (Å²) in [7, 11) is 1.44. The van der Waals surface area contributed by atoms with Gasteiger partial charge in [-0.25, -0.2) is 0 Å². The van der Waals surface area contributed by atoms with Gasteiger partial charge in [-0.1, -0.05) is 37.1 Å². The second kappa shape index (κ2) is 12.9. The number of ether oxygens (including phenoxy) is 1. The van der Waals surface area contributed by atoms with Crippen molar-refractivity contribution in [3.63, 3.8) is 0 Å². The van der Waals surface area contributed by atoms with Crippen LogP contribution in [0, 0.1) is 0 Å². The first-order valence-electron chi connectivity index (χ1n) is 9.41. The lowest BCUT2D eigenvalue weighted by Gasteiger charge is -2.31. The number of aliphatic imine (C=N–C) groups is 1. The normalized spacial score (nSPS) is 13.6. The Morgan fingerprint density at radius 2 is 1.92 bits per heavy atom. The molecule has 1 N–H and O–H groups in total. The molecule has 0 amide bonds. The second-order valence-corrected chi connectivity index (χ2v) is 6.42. The molecule has 0 atom stereocenters. The highest BCUT2D eigenvalue weighted by atomic mass is 127. The van der Waals surface area contributed by atoms with Gasteiger partial charge in [-0.15, -0.1) is 24.0 Å². The monoisotopic (exact) mass is 473 g/mol. The lowest BCUT2D eigenvalue weighted by atomic mass is 10.0. The molecule has 0 radical (unpaired) electrons. The molecule has 0 saturated heterocycles. The van der Waals surface area contributed by atoms with E-state index in [1.807, 2.05) is 0 Å². The van der Waals surface area contributed by atoms with Crippen molar-refractivity contribution in [2.45, 2.75) is 52.0 Å². The summed E-state index contributed by atoms with van der Waals surface area (Å²) in [5.41, 5.74) is 2.86. The van der Waals surface area contributed by atoms with Gasteiger partial charge in [0.1, 0.15) is 0 Å². The summed E-state index contributed by atoms with van der Waals surface area (Å²) in [5.74, 6) is 0.907. The van der Waals surface area contributed by atoms with Crippen LogP contribution in [-0.2, 0) is 22.5 Å². The number of carbonyl (C=O) groups is 1. The maximum absolute atomic E-state index is 11.1. The molecule has 2 rings (SSSR count). The number of esters is 1. The standard InChI is InChI=1S/C20H31N3O2.HI/c1-3-21-20(22-14-9-5-4-6-12-19(24)25-2)23-15-13-17-10-7-8-11-18(17)16-23;/h7-8,10-11H,3-6,9,12-16H2,1-2H3,(H,21,22);1H. The van der Waals surface area contributed by atoms with Crippen molar-refractivity contribution in [3.8, 4) is 0 Å². The summed E-state index contributed by atoms with van der Waals surface area (Å²) in [5, 5.41) is 3.42. The predicted octanol–water partition coefficient (Wildman–Crippen LogP) is 3.75. The van der Waals surface area contributed by atoms with Crippen LogP contribution in [0.5, 0.6) is 0 Å². The molecule has 0 aromatic heterocycles. The van der Waals surface area contributed by atoms with E-state index in [0.29, 0.717) is 6.42 Å². The summed E-state index contributed by atoms with van der Waals surface area (Å²) in [6.45, 7) is 5.78. The quantitative estimate of drug-likeness (QED) is 0.206. The van der Waals surface area contributed by atoms with Gasteiger partial charge in [-0.05, 0) is 37.3 Å². The summed E-state index contributed by atoms with van der Waals surface area (Å²) >= 11 is 0. The Morgan fingerprint density at radius 1 is 1.19 bits per heavy atom. The molecule has 1 aromatic carbocycles. The van der Waals surface area contributed by atoms with Crippen molar-refractivity contribution < 1.29 is 9.53 Å². The molecule has 1 heterocycles. The van der Waals surface area contributed by atoms with Gasteiger partial charge in [0.25, 0.3) is 0 Å². The van der Waals surface area contributed by atoms with Gasteiger partial charge < -0.3 is 15.0 Å². The molecule has 0 unspecified atom stereocenters. The molecule has 0 spiro atoms. The second-order valence-electron chi connectivity index (χ2n) is 6.42. The van der Waals surface area contributed by atoms with Crippen molar-refractivity contribution in [3.05, 3.63) is 35.4 Å². The Bertz CT molecular complexity index is 578. The minimum Gasteiger partial charge on any atom is -0.469 e. The number of benzene rings is 1. The molecular weight excluding hydrogens is 441 g/mol. The van der Waals surface area contributed by atoms with E-state index in [2.05, 4.69) is 46.1 Å². The fourth-order valence-electron chi connectivity index (χ4n) is 3.12. The van der Waals surface area contributed by atoms with Gasteiger partial charge in [0.2, 0.25) is 0 Å². The first kappa shape index (κ1) is 22.7. The highest BCUT2D eigenvalue weighted by Gasteiger charge is 2.18. The summed E-state index contributed by atoms with van der Waals surface area (Å²) < 4.78 is 4.65. The smallest absolute Gasteiger partial charge is 0.305 e. The van der Waals surface area contributed by atoms with E-state index in [9.17, 15) is 4.79 Å². The number of halogens is 1. The number of carbonyl (C=O) groups excluding carboxylic acids is 1. The largest absolute Gasteiger partial charge is 0.469 e. The van der Waals surface area contributed by atoms with E-state index in [-0.39, 0.29) is 29.9 Å². The molecule has 0 bridgehead atoms. The van der Waals surface area contributed by atoms with Crippen LogP contribution >= 0.6 is 24.0 Å². The zero-order chi connectivity index (χ0) is 17.9. The number of nitrogens with zero attached hydrogens (tertiary/aromatic N) is 2. The SMILES string of the molecule is CCNC(=NCCCCCCC(=O)OC)N1CCc2ccccc2C1.I. The topological polar surface area (TPSA) is 53.9 Å². The molecular formula is C20H32IN3O2. The number of hydrogen-bond donors (Lipinski definition) is 1. The summed E-state index contributed by atoms with van der Waals surface area (Å²) in [6, 6.07) is 8.67. The Balaban J connectivity index is 0.00000338. The highest BCUT2D eigenvalue weighted by molar-refractivity contribution is 14.0. The number of guanidine groups is 1. The summed E-state index contributed by atoms with van der Waals surface area (Å²) in [6.07, 6.45) is 5.71. The molecule has 5 nitrogen and oxygen atoms in total. The van der Waals surface area contributed by atoms with E-state index < -0.39 is 0 Å². The van der Waals surface area contributed by atoms with Crippen LogP contribution < -0.4 is 5.32 Å². The molecule has 1 aromatic rings. The Labute approximate surface area is 174 Å². The molecule has 0 saturated carbocycles. The van der Waals surface area contributed by atoms with Crippen molar-refractivity contribution in [2.75, 3.05) is 26.7 Å². The fraction of sp³-hybridized carbons (Fsp3) is 0.600. The molecule has 1 aliphatic rings. The van der Waals surface area contributed by atoms with Gasteiger partial charge in [0.15, 0.2) is 5.96 Å². The van der Waals surface area contributed by atoms with Crippen LogP contribution in [-0.4, -0.2) is 43.6 Å². The van der Waals surface area contributed by atoms with Gasteiger partial charge in [0.05, 0.1) is 7.11 Å². The zero-order valence-corrected chi connectivity index (χ0v) is 18.3. The maximum Gasteiger partial charge on any atom is 0.305 e. The average molecular weight is 473 g/mol. The minimum atomic E-state index is -0.113. The molecule has 26 heavy (non-hydrogen) atoms. The van der Waals surface area contributed by atoms with Gasteiger partial charge in [0, 0.05) is 32.6 Å². The van der Waals surface area contributed by atoms with Crippen molar-refractivity contribution in [1.82, 2.24) is 10.2 Å². The van der Waals surface area contributed by atoms with Crippen molar-refractivity contribution in [1.29, 1.82) is 0 Å². The summed E-state index contributed by atoms with van der Waals surface area (Å²) in [4.78, 5) is 18.2. The third-order valence-corrected chi connectivity index (χ3v) is 4.54. The third kappa shape index (κ3) is 7.51. The van der Waals surface area contributed by atoms with Crippen LogP contribution in [0.1, 0.15) is 50.2 Å². The van der Waals surface area contributed by atoms with E-state index >= 15 is 0 Å². The zero-order valence-electron chi connectivity index (χ0n) is 16.0. The molecule has 146 valence electrons. The number of hydrogen-bond acceptors (Lipinski definition) is 3. The van der Waals surface area contributed by atoms with Crippen LogP contribution in [0.25, 0.3) is 0 Å². The maximum atomic E-state index is 11.1. The van der Waals surface area contributed by atoms with E-state index in [1.54, 1.807) is 0 Å². The van der Waals surface area contributed by atoms with Crippen LogP contribution in [0.2, 0.25) is 0 Å². The first-order valence-corrected chi connectivity index (χ1v) is 9.41. The van der Waals surface area contributed by atoms with Crippen LogP contribution in [0.3, 0.4) is 0 Å². The van der Waals surface area contributed by atoms with Crippen molar-refractivity contribution in [2.24, 2.45) is 4.99 Å². The van der Waals surface area contributed by atoms with Crippen molar-refractivity contribution >= 4 is 35.9 Å². The average Bonchev–Trinajstić information content (AvgIpc) is 2.65. The molecule has 0 fully saturated rings. The number of fused-ring (bicyclic) bond motifs is 1. The number of unbranched alkanes of at least 4 members (excludes halogenated alkanes) is 3. The van der Waals surface area contributed by atoms with E-state index in [0.717, 1.165) is 64.2 Å². The Hall–Kier alpha value is -1.31. The molecule has 0 aliphatic carbocycles. The number of nitrogens with one attached hydrogen (secondary N) is 1. The Kier molecular flexibility index (Phi) is 11.3. The lowest BCUT2D eigenvalue weighted by Crippen LogP contribution is -2.44. The number of methoxy groups -OCH3 is 1. The van der Waals surface area contributed by atoms with Gasteiger partial charge in [-0.2, -0.15) is 0 Å². The van der Waals surface area contributed by atoms with E-state index in [4.69, 9.17) is 4.99 Å². The molecule has 6 heteroatoms. The third-order valence-electron chi connectivity index (χ3n) is 4.54. The highest BCUT2D eigenvalue weighted by Crippen LogP contribution is 2.18. The number of rotatable bonds is 8. The predicted molar refractivity (Wildman–Crippen MR) is 117 cm³/mol. The van der Waals surface area contributed by atoms with Crippen LogP contribution in [0.4, 0.5) is 0 Å². The van der Waals surface area contributed by atoms with E-state index in [1.165, 1.54) is 18.2 Å². The Morgan fingerprint density at radius 3 is 2.65 bits per heavy atom. The first-order chi connectivity index (χ1) is 12.2. The van der Waals surface area contributed by atoms with Gasteiger partial charge >= 0.3 is 5.97 Å². The van der Waals surface area contributed by atoms with Crippen LogP contribution in [0.15, 0.2) is 29.3 Å². The van der Waals surface area contributed by atoms with Gasteiger partial charge in [-0.3, -0.25) is 9.79 Å². The minimum absolute atomic E-state index is 0. The fourth-order valence-corrected chi connectivity index (χ4v) is 3.12.